The van der Waals surface area contributed by atoms with Gasteiger partial charge in [-0.1, -0.05) is 42.5 Å². The lowest BCUT2D eigenvalue weighted by atomic mass is 9.95. The first kappa shape index (κ1) is 10.9. The van der Waals surface area contributed by atoms with E-state index in [1.165, 1.54) is 0 Å². The Morgan fingerprint density at radius 3 is 2.67 bits per heavy atom. The molecule has 2 heteroatoms. The predicted octanol–water partition coefficient (Wildman–Crippen LogP) is 3.00. The molecule has 0 unspecified atom stereocenters. The number of phenolic OH excluding ortho intramolecular Hbond substituents is 1. The van der Waals surface area contributed by atoms with Crippen LogP contribution in [0.15, 0.2) is 41.4 Å². The van der Waals surface area contributed by atoms with Crippen LogP contribution in [0.25, 0.3) is 39.8 Å². The zero-order valence-electron chi connectivity index (χ0n) is 11.2. The molecule has 2 aliphatic rings. The molecule has 3 aromatic rings. The molecule has 1 heterocycles. The summed E-state index contributed by atoms with van der Waals surface area (Å²) in [6.07, 6.45) is 10.0. The molecule has 0 spiro atoms. The van der Waals surface area contributed by atoms with E-state index in [1.54, 1.807) is 0 Å². The second kappa shape index (κ2) is 3.61. The fraction of sp³-hybridized carbons (Fsp3) is 0. The normalized spacial score (nSPS) is 14.3. The van der Waals surface area contributed by atoms with Gasteiger partial charge in [0, 0.05) is 22.2 Å². The maximum Gasteiger partial charge on any atom is 0.124 e. The van der Waals surface area contributed by atoms with Crippen LogP contribution in [0.5, 0.6) is 5.75 Å². The van der Waals surface area contributed by atoms with Crippen LogP contribution in [0.2, 0.25) is 0 Å². The highest BCUT2D eigenvalue weighted by Gasteiger charge is 2.17. The molecule has 0 aromatic heterocycles. The third-order valence-corrected chi connectivity index (χ3v) is 4.34. The Kier molecular flexibility index (Phi) is 1.87. The van der Waals surface area contributed by atoms with Crippen LogP contribution in [0.4, 0.5) is 5.69 Å². The summed E-state index contributed by atoms with van der Waals surface area (Å²) in [5.41, 5.74) is 2.02. The average molecular weight is 269 g/mol. The summed E-state index contributed by atoms with van der Waals surface area (Å²) in [5.74, 6) is 0.324. The molecule has 5 rings (SSSR count). The zero-order valence-corrected chi connectivity index (χ0v) is 11.2. The summed E-state index contributed by atoms with van der Waals surface area (Å²) in [6, 6.07) is 10.0. The largest absolute Gasteiger partial charge is 0.507 e. The molecule has 0 fully saturated rings. The minimum Gasteiger partial charge on any atom is -0.507 e. The molecule has 0 atom stereocenters. The van der Waals surface area contributed by atoms with Crippen molar-refractivity contribution in [2.75, 3.05) is 0 Å². The van der Waals surface area contributed by atoms with E-state index in [0.29, 0.717) is 5.75 Å². The van der Waals surface area contributed by atoms with Gasteiger partial charge in [-0.2, -0.15) is 0 Å². The molecule has 1 N–H and O–H groups in total. The molecule has 21 heavy (non-hydrogen) atoms. The van der Waals surface area contributed by atoms with Crippen LogP contribution in [0.1, 0.15) is 5.56 Å². The molecule has 2 nitrogen and oxygen atoms in total. The van der Waals surface area contributed by atoms with E-state index in [0.717, 1.165) is 43.2 Å². The average Bonchev–Trinajstić information content (AvgIpc) is 3.15. The van der Waals surface area contributed by atoms with E-state index in [4.69, 9.17) is 0 Å². The Hall–Kier alpha value is -2.87. The molecule has 0 bridgehead atoms. The lowest BCUT2D eigenvalue weighted by Crippen LogP contribution is -2.10. The summed E-state index contributed by atoms with van der Waals surface area (Å²) in [6.45, 7) is 0. The number of benzene rings is 3. The third kappa shape index (κ3) is 1.24. The summed E-state index contributed by atoms with van der Waals surface area (Å²) in [5, 5.41) is 17.0. The second-order valence-electron chi connectivity index (χ2n) is 5.43. The zero-order chi connectivity index (χ0) is 14.0. The smallest absolute Gasteiger partial charge is 0.124 e. The van der Waals surface area contributed by atoms with Crippen molar-refractivity contribution in [2.45, 2.75) is 0 Å². The number of aromatic hydroxyl groups is 1. The predicted molar refractivity (Wildman–Crippen MR) is 88.5 cm³/mol. The SMILES string of the molecule is Oc1cc2c(c3c4c(c5ccccc5c13)=CC=N4)=CC=C2. The molecule has 0 saturated carbocycles. The van der Waals surface area contributed by atoms with Crippen molar-refractivity contribution in [2.24, 2.45) is 4.99 Å². The van der Waals surface area contributed by atoms with Gasteiger partial charge in [-0.3, -0.25) is 4.99 Å². The lowest BCUT2D eigenvalue weighted by Gasteiger charge is -2.11. The maximum atomic E-state index is 10.6. The first-order valence-electron chi connectivity index (χ1n) is 6.98. The summed E-state index contributed by atoms with van der Waals surface area (Å²) < 4.78 is 0. The Balaban J connectivity index is 2.25. The van der Waals surface area contributed by atoms with Gasteiger partial charge in [-0.05, 0) is 33.7 Å². The molecule has 0 radical (unpaired) electrons. The van der Waals surface area contributed by atoms with E-state index in [9.17, 15) is 5.11 Å². The number of fused-ring (bicyclic) bond motifs is 8. The van der Waals surface area contributed by atoms with E-state index in [2.05, 4.69) is 29.3 Å². The van der Waals surface area contributed by atoms with E-state index < -0.39 is 0 Å². The third-order valence-electron chi connectivity index (χ3n) is 4.34. The van der Waals surface area contributed by atoms with Gasteiger partial charge in [0.05, 0.1) is 5.69 Å². The first-order valence-corrected chi connectivity index (χ1v) is 6.98. The van der Waals surface area contributed by atoms with Gasteiger partial charge in [-0.15, -0.1) is 0 Å². The van der Waals surface area contributed by atoms with Crippen LogP contribution >= 0.6 is 0 Å². The van der Waals surface area contributed by atoms with Gasteiger partial charge < -0.3 is 5.11 Å². The lowest BCUT2D eigenvalue weighted by molar-refractivity contribution is 0.482. The number of hydrogen-bond donors (Lipinski definition) is 1. The van der Waals surface area contributed by atoms with Crippen LogP contribution in [0.3, 0.4) is 0 Å². The number of hydrogen-bond acceptors (Lipinski definition) is 2. The minimum absolute atomic E-state index is 0.324. The number of rotatable bonds is 0. The second-order valence-corrected chi connectivity index (χ2v) is 5.43. The van der Waals surface area contributed by atoms with Crippen molar-refractivity contribution in [1.29, 1.82) is 0 Å². The van der Waals surface area contributed by atoms with E-state index in [-0.39, 0.29) is 0 Å². The summed E-state index contributed by atoms with van der Waals surface area (Å²) >= 11 is 0. The van der Waals surface area contributed by atoms with Crippen LogP contribution in [-0.2, 0) is 0 Å². The molecular weight excluding hydrogens is 258 g/mol. The van der Waals surface area contributed by atoms with Gasteiger partial charge >= 0.3 is 0 Å². The Bertz CT molecular complexity index is 1130. The molecule has 0 amide bonds. The molecule has 3 aromatic carbocycles. The van der Waals surface area contributed by atoms with Gasteiger partial charge in [-0.25, -0.2) is 0 Å². The Labute approximate surface area is 120 Å². The fourth-order valence-corrected chi connectivity index (χ4v) is 3.48. The van der Waals surface area contributed by atoms with Crippen LogP contribution in [-0.4, -0.2) is 11.3 Å². The molecule has 1 aliphatic heterocycles. The van der Waals surface area contributed by atoms with Gasteiger partial charge in [0.25, 0.3) is 0 Å². The van der Waals surface area contributed by atoms with Crippen molar-refractivity contribution in [3.63, 3.8) is 0 Å². The highest BCUT2D eigenvalue weighted by atomic mass is 16.3. The quantitative estimate of drug-likeness (QED) is 0.625. The number of nitrogens with zero attached hydrogens (tertiary/aromatic N) is 1. The fourth-order valence-electron chi connectivity index (χ4n) is 3.48. The maximum absolute atomic E-state index is 10.6. The summed E-state index contributed by atoms with van der Waals surface area (Å²) in [7, 11) is 0. The first-order chi connectivity index (χ1) is 10.3. The topological polar surface area (TPSA) is 32.6 Å². The summed E-state index contributed by atoms with van der Waals surface area (Å²) in [4.78, 5) is 4.56. The van der Waals surface area contributed by atoms with E-state index >= 15 is 0 Å². The highest BCUT2D eigenvalue weighted by Crippen LogP contribution is 2.36. The van der Waals surface area contributed by atoms with Gasteiger partial charge in [0.2, 0.25) is 0 Å². The van der Waals surface area contributed by atoms with Crippen LogP contribution in [0, 0.1) is 0 Å². The monoisotopic (exact) mass is 269 g/mol. The van der Waals surface area contributed by atoms with Crippen molar-refractivity contribution < 1.29 is 5.11 Å². The minimum atomic E-state index is 0.324. The van der Waals surface area contributed by atoms with Gasteiger partial charge in [0.1, 0.15) is 5.75 Å². The van der Waals surface area contributed by atoms with E-state index in [1.807, 2.05) is 36.6 Å². The van der Waals surface area contributed by atoms with Crippen molar-refractivity contribution >= 4 is 51.7 Å². The van der Waals surface area contributed by atoms with Crippen molar-refractivity contribution in [3.05, 3.63) is 52.4 Å². The molecular formula is C19H11NO. The molecule has 1 aliphatic carbocycles. The van der Waals surface area contributed by atoms with Gasteiger partial charge in [0.15, 0.2) is 0 Å². The van der Waals surface area contributed by atoms with Crippen molar-refractivity contribution in [3.8, 4) is 5.75 Å². The Morgan fingerprint density at radius 2 is 1.76 bits per heavy atom. The Morgan fingerprint density at radius 1 is 0.905 bits per heavy atom. The van der Waals surface area contributed by atoms with Crippen molar-refractivity contribution in [1.82, 2.24) is 0 Å². The number of phenols is 1. The molecule has 0 saturated heterocycles. The molecule has 98 valence electrons. The van der Waals surface area contributed by atoms with Crippen LogP contribution < -0.4 is 10.4 Å². The standard InChI is InChI=1S/C19H11NO/c21-16-10-11-4-3-7-12(11)18-17(16)14-6-2-1-5-13(14)15-8-9-20-19(15)18/h1-10,21H. The number of aliphatic imine (C=N–C) groups is 1. The number of allylic oxidation sites excluding steroid dienone is 1. The highest BCUT2D eigenvalue weighted by molar-refractivity contribution is 6.19.